The van der Waals surface area contributed by atoms with Crippen LogP contribution in [0.25, 0.3) is 5.69 Å². The highest BCUT2D eigenvalue weighted by Crippen LogP contribution is 2.22. The number of hydrogen-bond acceptors (Lipinski definition) is 2. The standard InChI is InChI=1S/C13H13ClN2O2/c1-15(2)10-4-3-5-11(7-10)16-8-9(14)6-12(16)13(17)18/h3-8H,1-2H3,(H,17,18). The van der Waals surface area contributed by atoms with Crippen molar-refractivity contribution < 1.29 is 9.90 Å². The first-order valence-corrected chi connectivity index (χ1v) is 5.76. The molecule has 0 saturated heterocycles. The molecule has 1 heterocycles. The van der Waals surface area contributed by atoms with Crippen molar-refractivity contribution in [1.29, 1.82) is 0 Å². The molecular weight excluding hydrogens is 252 g/mol. The molecule has 1 aromatic carbocycles. The molecule has 2 rings (SSSR count). The van der Waals surface area contributed by atoms with Crippen LogP contribution in [0.4, 0.5) is 5.69 Å². The van der Waals surface area contributed by atoms with Crippen LogP contribution in [0.1, 0.15) is 10.5 Å². The summed E-state index contributed by atoms with van der Waals surface area (Å²) in [5.41, 5.74) is 1.91. The number of halogens is 1. The van der Waals surface area contributed by atoms with Gasteiger partial charge in [-0.2, -0.15) is 0 Å². The molecular formula is C13H13ClN2O2. The van der Waals surface area contributed by atoms with Gasteiger partial charge in [-0.1, -0.05) is 17.7 Å². The molecule has 0 bridgehead atoms. The molecule has 0 atom stereocenters. The summed E-state index contributed by atoms with van der Waals surface area (Å²) in [5.74, 6) is -1.00. The van der Waals surface area contributed by atoms with Gasteiger partial charge in [0.25, 0.3) is 0 Å². The summed E-state index contributed by atoms with van der Waals surface area (Å²) in [6.45, 7) is 0. The molecule has 0 aliphatic heterocycles. The number of nitrogens with zero attached hydrogens (tertiary/aromatic N) is 2. The Morgan fingerprint density at radius 3 is 2.67 bits per heavy atom. The van der Waals surface area contributed by atoms with Gasteiger partial charge < -0.3 is 14.6 Å². The van der Waals surface area contributed by atoms with E-state index in [1.807, 2.05) is 43.3 Å². The zero-order chi connectivity index (χ0) is 13.3. The van der Waals surface area contributed by atoms with Gasteiger partial charge in [-0.05, 0) is 24.3 Å². The van der Waals surface area contributed by atoms with Crippen molar-refractivity contribution in [2.45, 2.75) is 0 Å². The molecule has 2 aromatic rings. The monoisotopic (exact) mass is 264 g/mol. The topological polar surface area (TPSA) is 45.5 Å². The van der Waals surface area contributed by atoms with E-state index in [2.05, 4.69) is 0 Å². The molecule has 0 unspecified atom stereocenters. The zero-order valence-corrected chi connectivity index (χ0v) is 10.8. The van der Waals surface area contributed by atoms with Gasteiger partial charge in [-0.25, -0.2) is 4.79 Å². The lowest BCUT2D eigenvalue weighted by atomic mass is 10.2. The second kappa shape index (κ2) is 4.74. The van der Waals surface area contributed by atoms with E-state index >= 15 is 0 Å². The van der Waals surface area contributed by atoms with Crippen LogP contribution < -0.4 is 4.90 Å². The molecule has 1 aromatic heterocycles. The van der Waals surface area contributed by atoms with Gasteiger partial charge in [0.2, 0.25) is 0 Å². The van der Waals surface area contributed by atoms with Crippen LogP contribution in [0.5, 0.6) is 0 Å². The van der Waals surface area contributed by atoms with Crippen molar-refractivity contribution >= 4 is 23.3 Å². The lowest BCUT2D eigenvalue weighted by molar-refractivity contribution is 0.0688. The van der Waals surface area contributed by atoms with Gasteiger partial charge in [-0.15, -0.1) is 0 Å². The molecule has 4 nitrogen and oxygen atoms in total. The maximum Gasteiger partial charge on any atom is 0.352 e. The molecule has 5 heteroatoms. The Hall–Kier alpha value is -1.94. The number of carboxylic acids is 1. The van der Waals surface area contributed by atoms with E-state index in [0.29, 0.717) is 5.02 Å². The number of anilines is 1. The highest BCUT2D eigenvalue weighted by molar-refractivity contribution is 6.31. The molecule has 0 saturated carbocycles. The van der Waals surface area contributed by atoms with Crippen LogP contribution in [-0.4, -0.2) is 29.7 Å². The van der Waals surface area contributed by atoms with Crippen LogP contribution in [0, 0.1) is 0 Å². The number of aromatic nitrogens is 1. The number of rotatable bonds is 3. The lowest BCUT2D eigenvalue weighted by Gasteiger charge is -2.14. The molecule has 0 aliphatic rings. The fourth-order valence-electron chi connectivity index (χ4n) is 1.73. The van der Waals surface area contributed by atoms with Crippen molar-refractivity contribution in [1.82, 2.24) is 4.57 Å². The van der Waals surface area contributed by atoms with E-state index in [1.165, 1.54) is 6.07 Å². The summed E-state index contributed by atoms with van der Waals surface area (Å²) >= 11 is 5.87. The predicted octanol–water partition coefficient (Wildman–Crippen LogP) is 2.89. The first-order valence-electron chi connectivity index (χ1n) is 5.38. The molecule has 94 valence electrons. The zero-order valence-electron chi connectivity index (χ0n) is 10.1. The molecule has 18 heavy (non-hydrogen) atoms. The highest BCUT2D eigenvalue weighted by Gasteiger charge is 2.13. The summed E-state index contributed by atoms with van der Waals surface area (Å²) < 4.78 is 1.57. The van der Waals surface area contributed by atoms with Crippen molar-refractivity contribution in [3.63, 3.8) is 0 Å². The highest BCUT2D eigenvalue weighted by atomic mass is 35.5. The number of carboxylic acid groups (broad SMARTS) is 1. The number of benzene rings is 1. The molecule has 0 spiro atoms. The van der Waals surface area contributed by atoms with Gasteiger partial charge in [0, 0.05) is 31.7 Å². The van der Waals surface area contributed by atoms with E-state index in [-0.39, 0.29) is 5.69 Å². The fourth-order valence-corrected chi connectivity index (χ4v) is 1.93. The average Bonchev–Trinajstić information content (AvgIpc) is 2.72. The minimum Gasteiger partial charge on any atom is -0.477 e. The summed E-state index contributed by atoms with van der Waals surface area (Å²) in [6.07, 6.45) is 1.60. The van der Waals surface area contributed by atoms with E-state index in [4.69, 9.17) is 16.7 Å². The van der Waals surface area contributed by atoms with Crippen LogP contribution >= 0.6 is 11.6 Å². The van der Waals surface area contributed by atoms with E-state index in [0.717, 1.165) is 11.4 Å². The van der Waals surface area contributed by atoms with Gasteiger partial charge >= 0.3 is 5.97 Å². The molecule has 1 N–H and O–H groups in total. The molecule has 0 aliphatic carbocycles. The number of carbonyl (C=O) groups is 1. The van der Waals surface area contributed by atoms with E-state index < -0.39 is 5.97 Å². The summed E-state index contributed by atoms with van der Waals surface area (Å²) in [6, 6.07) is 9.02. The maximum absolute atomic E-state index is 11.1. The second-order valence-electron chi connectivity index (χ2n) is 4.13. The van der Waals surface area contributed by atoms with Crippen LogP contribution in [0.15, 0.2) is 36.5 Å². The summed E-state index contributed by atoms with van der Waals surface area (Å²) in [4.78, 5) is 13.1. The van der Waals surface area contributed by atoms with Crippen molar-refractivity contribution in [3.8, 4) is 5.69 Å². The quantitative estimate of drug-likeness (QED) is 0.927. The Labute approximate surface area is 110 Å². The SMILES string of the molecule is CN(C)c1cccc(-n2cc(Cl)cc2C(=O)O)c1. The van der Waals surface area contributed by atoms with Crippen molar-refractivity contribution in [2.75, 3.05) is 19.0 Å². The van der Waals surface area contributed by atoms with Gasteiger partial charge in [0.05, 0.1) is 5.02 Å². The fraction of sp³-hybridized carbons (Fsp3) is 0.154. The normalized spacial score (nSPS) is 10.4. The van der Waals surface area contributed by atoms with E-state index in [1.54, 1.807) is 10.8 Å². The van der Waals surface area contributed by atoms with Gasteiger partial charge in [0.15, 0.2) is 0 Å². The summed E-state index contributed by atoms with van der Waals surface area (Å²) in [5, 5.41) is 9.53. The third kappa shape index (κ3) is 2.33. The van der Waals surface area contributed by atoms with Crippen LogP contribution in [-0.2, 0) is 0 Å². The Kier molecular flexibility index (Phi) is 3.30. The minimum absolute atomic E-state index is 0.149. The Morgan fingerprint density at radius 2 is 2.06 bits per heavy atom. The number of aromatic carboxylic acids is 1. The van der Waals surface area contributed by atoms with Crippen molar-refractivity contribution in [3.05, 3.63) is 47.2 Å². The Morgan fingerprint density at radius 1 is 1.33 bits per heavy atom. The largest absolute Gasteiger partial charge is 0.477 e. The molecule has 0 fully saturated rings. The molecule has 0 radical (unpaired) electrons. The van der Waals surface area contributed by atoms with Crippen LogP contribution in [0.2, 0.25) is 5.02 Å². The molecule has 0 amide bonds. The van der Waals surface area contributed by atoms with Crippen LogP contribution in [0.3, 0.4) is 0 Å². The average molecular weight is 265 g/mol. The lowest BCUT2D eigenvalue weighted by Crippen LogP contribution is -2.10. The first kappa shape index (κ1) is 12.5. The van der Waals surface area contributed by atoms with E-state index in [9.17, 15) is 4.79 Å². The van der Waals surface area contributed by atoms with Gasteiger partial charge in [-0.3, -0.25) is 0 Å². The van der Waals surface area contributed by atoms with Crippen molar-refractivity contribution in [2.24, 2.45) is 0 Å². The van der Waals surface area contributed by atoms with Gasteiger partial charge in [0.1, 0.15) is 5.69 Å². The minimum atomic E-state index is -1.00. The first-order chi connectivity index (χ1) is 8.49. The number of hydrogen-bond donors (Lipinski definition) is 1. The Balaban J connectivity index is 2.54. The predicted molar refractivity (Wildman–Crippen MR) is 72.1 cm³/mol. The smallest absolute Gasteiger partial charge is 0.352 e. The third-order valence-corrected chi connectivity index (χ3v) is 2.84. The Bertz CT molecular complexity index is 590. The maximum atomic E-state index is 11.1. The summed E-state index contributed by atoms with van der Waals surface area (Å²) in [7, 11) is 3.86. The third-order valence-electron chi connectivity index (χ3n) is 2.63. The second-order valence-corrected chi connectivity index (χ2v) is 4.57.